The van der Waals surface area contributed by atoms with Crippen molar-refractivity contribution in [3.63, 3.8) is 0 Å². The Kier molecular flexibility index (Phi) is 11.3. The molecule has 2 fully saturated rings. The number of rotatable bonds is 12. The second-order valence-electron chi connectivity index (χ2n) is 10.7. The number of methoxy groups -OCH3 is 1. The summed E-state index contributed by atoms with van der Waals surface area (Å²) < 4.78 is 17.1. The van der Waals surface area contributed by atoms with Gasteiger partial charge in [-0.3, -0.25) is 4.79 Å². The maximum Gasteiger partial charge on any atom is 0.406 e. The fourth-order valence-electron chi connectivity index (χ4n) is 6.05. The van der Waals surface area contributed by atoms with Gasteiger partial charge in [-0.25, -0.2) is 4.79 Å². The van der Waals surface area contributed by atoms with E-state index in [0.29, 0.717) is 23.1 Å². The molecule has 1 saturated heterocycles. The van der Waals surface area contributed by atoms with Crippen LogP contribution >= 0.6 is 11.6 Å². The van der Waals surface area contributed by atoms with Gasteiger partial charge in [0.2, 0.25) is 0 Å². The SMILES string of the molecule is CNC[C@H](CC1CCCCC1)NC(=O)C1=CC2OCCC2C(C(OCCNC(=O)OC)c2cccc(Cl)c2)=C1. The second-order valence-corrected chi connectivity index (χ2v) is 11.1. The molecule has 1 aromatic carbocycles. The summed E-state index contributed by atoms with van der Waals surface area (Å²) in [6, 6.07) is 7.64. The molecule has 1 aliphatic heterocycles. The van der Waals surface area contributed by atoms with E-state index >= 15 is 0 Å². The van der Waals surface area contributed by atoms with Gasteiger partial charge in [-0.1, -0.05) is 55.8 Å². The molecular formula is C30H42ClN3O5. The van der Waals surface area contributed by atoms with Gasteiger partial charge in [0, 0.05) is 42.3 Å². The molecule has 3 unspecified atom stereocenters. The van der Waals surface area contributed by atoms with Gasteiger partial charge in [0.15, 0.2) is 0 Å². The zero-order chi connectivity index (χ0) is 27.6. The first-order chi connectivity index (χ1) is 19.0. The Hall–Kier alpha value is -2.39. The van der Waals surface area contributed by atoms with E-state index in [1.807, 2.05) is 43.5 Å². The summed E-state index contributed by atoms with van der Waals surface area (Å²) >= 11 is 6.35. The Morgan fingerprint density at radius 3 is 2.74 bits per heavy atom. The minimum atomic E-state index is -0.509. The van der Waals surface area contributed by atoms with Crippen LogP contribution in [0.15, 0.2) is 47.6 Å². The molecule has 3 N–H and O–H groups in total. The monoisotopic (exact) mass is 559 g/mol. The minimum Gasteiger partial charge on any atom is -0.453 e. The number of ether oxygens (including phenoxy) is 3. The van der Waals surface area contributed by atoms with Crippen LogP contribution < -0.4 is 16.0 Å². The van der Waals surface area contributed by atoms with Crippen LogP contribution in [0.1, 0.15) is 56.6 Å². The van der Waals surface area contributed by atoms with Crippen molar-refractivity contribution in [2.75, 3.05) is 40.5 Å². The maximum atomic E-state index is 13.6. The third-order valence-corrected chi connectivity index (χ3v) is 8.15. The van der Waals surface area contributed by atoms with Gasteiger partial charge >= 0.3 is 6.09 Å². The first kappa shape index (κ1) is 29.6. The van der Waals surface area contributed by atoms with Crippen molar-refractivity contribution in [2.24, 2.45) is 11.8 Å². The zero-order valence-electron chi connectivity index (χ0n) is 23.0. The van der Waals surface area contributed by atoms with E-state index in [9.17, 15) is 9.59 Å². The van der Waals surface area contributed by atoms with Crippen molar-refractivity contribution in [1.82, 2.24) is 16.0 Å². The van der Waals surface area contributed by atoms with E-state index in [0.717, 1.165) is 30.5 Å². The van der Waals surface area contributed by atoms with Crippen molar-refractivity contribution < 1.29 is 23.8 Å². The molecule has 8 nitrogen and oxygen atoms in total. The first-order valence-electron chi connectivity index (χ1n) is 14.2. The van der Waals surface area contributed by atoms with Gasteiger partial charge in [-0.15, -0.1) is 0 Å². The van der Waals surface area contributed by atoms with E-state index in [2.05, 4.69) is 20.7 Å². The van der Waals surface area contributed by atoms with Crippen LogP contribution in [-0.2, 0) is 19.0 Å². The summed E-state index contributed by atoms with van der Waals surface area (Å²) in [5, 5.41) is 9.82. The summed E-state index contributed by atoms with van der Waals surface area (Å²) in [6.45, 7) is 1.90. The van der Waals surface area contributed by atoms with Crippen molar-refractivity contribution in [2.45, 2.75) is 63.2 Å². The first-order valence-corrected chi connectivity index (χ1v) is 14.6. The average molecular weight is 560 g/mol. The highest BCUT2D eigenvalue weighted by Crippen LogP contribution is 2.42. The summed E-state index contributed by atoms with van der Waals surface area (Å²) in [4.78, 5) is 25.1. The molecule has 0 spiro atoms. The Morgan fingerprint density at radius 1 is 1.18 bits per heavy atom. The molecule has 1 heterocycles. The summed E-state index contributed by atoms with van der Waals surface area (Å²) in [5.41, 5.74) is 2.48. The normalized spacial score (nSPS) is 22.7. The lowest BCUT2D eigenvalue weighted by Gasteiger charge is -2.32. The number of nitrogens with one attached hydrogen (secondary N) is 3. The molecule has 214 valence electrons. The number of carbonyl (C=O) groups excluding carboxylic acids is 2. The van der Waals surface area contributed by atoms with Crippen LogP contribution in [0.3, 0.4) is 0 Å². The van der Waals surface area contributed by atoms with Gasteiger partial charge in [0.1, 0.15) is 6.10 Å². The molecule has 9 heteroatoms. The Labute approximate surface area is 236 Å². The lowest BCUT2D eigenvalue weighted by molar-refractivity contribution is -0.118. The molecule has 0 aromatic heterocycles. The Balaban J connectivity index is 1.54. The van der Waals surface area contributed by atoms with E-state index in [1.54, 1.807) is 0 Å². The molecule has 2 amide bonds. The number of benzene rings is 1. The number of carbonyl (C=O) groups is 2. The fraction of sp³-hybridized carbons (Fsp3) is 0.600. The minimum absolute atomic E-state index is 0.0648. The second kappa shape index (κ2) is 14.8. The van der Waals surface area contributed by atoms with Crippen LogP contribution in [0.4, 0.5) is 4.79 Å². The van der Waals surface area contributed by atoms with Gasteiger partial charge in [-0.05, 0) is 61.2 Å². The number of fused-ring (bicyclic) bond motifs is 1. The zero-order valence-corrected chi connectivity index (χ0v) is 23.8. The Bertz CT molecular complexity index is 1040. The van der Waals surface area contributed by atoms with Crippen molar-refractivity contribution in [1.29, 1.82) is 0 Å². The molecule has 39 heavy (non-hydrogen) atoms. The highest BCUT2D eigenvalue weighted by molar-refractivity contribution is 6.30. The van der Waals surface area contributed by atoms with Crippen LogP contribution in [0.5, 0.6) is 0 Å². The predicted molar refractivity (Wildman–Crippen MR) is 152 cm³/mol. The van der Waals surface area contributed by atoms with E-state index in [-0.39, 0.29) is 37.1 Å². The lowest BCUT2D eigenvalue weighted by Crippen LogP contribution is -2.43. The highest BCUT2D eigenvalue weighted by Gasteiger charge is 2.38. The molecule has 1 aromatic rings. The molecule has 2 aliphatic carbocycles. The van der Waals surface area contributed by atoms with E-state index < -0.39 is 12.2 Å². The third kappa shape index (κ3) is 8.30. The lowest BCUT2D eigenvalue weighted by atomic mass is 9.80. The number of likely N-dealkylation sites (N-methyl/N-ethyl adjacent to an activating group) is 1. The van der Waals surface area contributed by atoms with Crippen molar-refractivity contribution in [3.8, 4) is 0 Å². The van der Waals surface area contributed by atoms with Crippen molar-refractivity contribution >= 4 is 23.6 Å². The predicted octanol–water partition coefficient (Wildman–Crippen LogP) is 4.70. The van der Waals surface area contributed by atoms with Crippen molar-refractivity contribution in [3.05, 3.63) is 58.1 Å². The maximum absolute atomic E-state index is 13.6. The quantitative estimate of drug-likeness (QED) is 0.321. The molecule has 0 bridgehead atoms. The summed E-state index contributed by atoms with van der Waals surface area (Å²) in [7, 11) is 3.25. The van der Waals surface area contributed by atoms with Gasteiger partial charge in [0.05, 0.1) is 19.8 Å². The number of amides is 2. The largest absolute Gasteiger partial charge is 0.453 e. The molecule has 4 atom stereocenters. The number of hydrogen-bond acceptors (Lipinski definition) is 6. The molecule has 3 aliphatic rings. The molecule has 1 saturated carbocycles. The van der Waals surface area contributed by atoms with E-state index in [1.165, 1.54) is 39.2 Å². The van der Waals surface area contributed by atoms with Gasteiger partial charge < -0.3 is 30.2 Å². The van der Waals surface area contributed by atoms with Crippen LogP contribution in [0, 0.1) is 11.8 Å². The summed E-state index contributed by atoms with van der Waals surface area (Å²) in [6.07, 6.45) is 11.0. The van der Waals surface area contributed by atoms with Gasteiger partial charge in [0.25, 0.3) is 5.91 Å². The number of hydrogen-bond donors (Lipinski definition) is 3. The fourth-order valence-corrected chi connectivity index (χ4v) is 6.24. The highest BCUT2D eigenvalue weighted by atomic mass is 35.5. The summed E-state index contributed by atoms with van der Waals surface area (Å²) in [5.74, 6) is 0.662. The average Bonchev–Trinajstić information content (AvgIpc) is 3.42. The molecular weight excluding hydrogens is 518 g/mol. The number of alkyl carbamates (subject to hydrolysis) is 1. The van der Waals surface area contributed by atoms with Crippen LogP contribution in [-0.4, -0.2) is 64.6 Å². The standard InChI is InChI=1S/C30H42ClN3O5/c1-32-19-24(15-20-7-4-3-5-8-20)34-29(35)22-17-26(25-11-13-38-27(25)18-22)28(21-9-6-10-23(31)16-21)39-14-12-33-30(36)37-2/h6,9-10,16-18,20,24-25,27-28,32H,3-5,7-8,11-15,19H2,1-2H3,(H,33,36)(H,34,35)/t24-,25?,27?,28?/m0/s1. The third-order valence-electron chi connectivity index (χ3n) is 7.92. The molecule has 4 rings (SSSR count). The molecule has 0 radical (unpaired) electrons. The van der Waals surface area contributed by atoms with Gasteiger partial charge in [-0.2, -0.15) is 0 Å². The smallest absolute Gasteiger partial charge is 0.406 e. The van der Waals surface area contributed by atoms with Crippen LogP contribution in [0.2, 0.25) is 5.02 Å². The topological polar surface area (TPSA) is 97.9 Å². The Morgan fingerprint density at radius 2 is 2.00 bits per heavy atom. The van der Waals surface area contributed by atoms with Crippen LogP contribution in [0.25, 0.3) is 0 Å². The van der Waals surface area contributed by atoms with E-state index in [4.69, 9.17) is 21.1 Å². The number of halogens is 1.